The van der Waals surface area contributed by atoms with Crippen LogP contribution in [0.25, 0.3) is 11.1 Å². The zero-order valence-corrected chi connectivity index (χ0v) is 19.2. The molecule has 0 aliphatic heterocycles. The minimum atomic E-state index is -0.0473. The van der Waals surface area contributed by atoms with E-state index in [0.29, 0.717) is 23.2 Å². The van der Waals surface area contributed by atoms with Gasteiger partial charge in [0.2, 0.25) is 5.91 Å². The van der Waals surface area contributed by atoms with Crippen LogP contribution in [0.15, 0.2) is 53.9 Å². The highest BCUT2D eigenvalue weighted by molar-refractivity contribution is 5.82. The van der Waals surface area contributed by atoms with Gasteiger partial charge in [-0.25, -0.2) is 0 Å². The number of benzene rings is 1. The predicted molar refractivity (Wildman–Crippen MR) is 128 cm³/mol. The van der Waals surface area contributed by atoms with Gasteiger partial charge in [-0.05, 0) is 56.9 Å². The first kappa shape index (κ1) is 21.4. The molecule has 8 heteroatoms. The molecular formula is C25H32N6O2. The Morgan fingerprint density at radius 3 is 2.64 bits per heavy atom. The van der Waals surface area contributed by atoms with Gasteiger partial charge in [0.1, 0.15) is 11.6 Å². The average Bonchev–Trinajstić information content (AvgIpc) is 3.69. The van der Waals surface area contributed by atoms with Crippen molar-refractivity contribution in [3.05, 3.63) is 53.9 Å². The smallest absolute Gasteiger partial charge is 0.228 e. The Morgan fingerprint density at radius 2 is 1.97 bits per heavy atom. The van der Waals surface area contributed by atoms with E-state index >= 15 is 0 Å². The van der Waals surface area contributed by atoms with Gasteiger partial charge in [0.05, 0.1) is 30.7 Å². The molecule has 3 fully saturated rings. The van der Waals surface area contributed by atoms with E-state index in [-0.39, 0.29) is 17.6 Å². The number of amides is 1. The van der Waals surface area contributed by atoms with E-state index in [1.165, 1.54) is 19.3 Å². The molecule has 3 aliphatic rings. The number of hydrogen-bond acceptors (Lipinski definition) is 6. The van der Waals surface area contributed by atoms with E-state index in [1.807, 2.05) is 24.4 Å². The number of nitrogens with two attached hydrogens (primary N) is 2. The summed E-state index contributed by atoms with van der Waals surface area (Å²) in [5, 5.41) is 10.7. The number of nitrogens with one attached hydrogen (secondary N) is 2. The van der Waals surface area contributed by atoms with Crippen LogP contribution in [-0.4, -0.2) is 22.8 Å². The van der Waals surface area contributed by atoms with Crippen LogP contribution in [0.5, 0.6) is 5.75 Å². The lowest BCUT2D eigenvalue weighted by Crippen LogP contribution is -2.29. The first-order chi connectivity index (χ1) is 15.9. The molecule has 8 nitrogen and oxygen atoms in total. The summed E-state index contributed by atoms with van der Waals surface area (Å²) in [6, 6.07) is 6.42. The van der Waals surface area contributed by atoms with Gasteiger partial charge in [-0.15, -0.1) is 0 Å². The summed E-state index contributed by atoms with van der Waals surface area (Å²) in [5.74, 6) is 2.79. The third kappa shape index (κ3) is 4.55. The fraction of sp³-hybridized carbons (Fsp3) is 0.440. The highest BCUT2D eigenvalue weighted by Crippen LogP contribution is 2.56. The van der Waals surface area contributed by atoms with Crippen molar-refractivity contribution in [1.82, 2.24) is 15.1 Å². The van der Waals surface area contributed by atoms with Gasteiger partial charge < -0.3 is 26.8 Å². The number of carbonyl (C=O) groups excluding carboxylic acids is 1. The van der Waals surface area contributed by atoms with E-state index in [2.05, 4.69) is 26.6 Å². The first-order valence-electron chi connectivity index (χ1n) is 11.7. The number of fused-ring (bicyclic) bond motifs is 1. The third-order valence-electron chi connectivity index (χ3n) is 6.93. The molecule has 5 rings (SSSR count). The summed E-state index contributed by atoms with van der Waals surface area (Å²) < 4.78 is 7.91. The van der Waals surface area contributed by atoms with Crippen molar-refractivity contribution in [3.63, 3.8) is 0 Å². The average molecular weight is 449 g/mol. The topological polar surface area (TPSA) is 120 Å². The lowest BCUT2D eigenvalue weighted by molar-refractivity contribution is -0.121. The fourth-order valence-corrected chi connectivity index (χ4v) is 4.83. The molecule has 3 saturated carbocycles. The normalized spacial score (nSPS) is 24.7. The number of anilines is 1. The quantitative estimate of drug-likeness (QED) is 0.459. The van der Waals surface area contributed by atoms with E-state index < -0.39 is 0 Å². The summed E-state index contributed by atoms with van der Waals surface area (Å²) in [6.07, 6.45) is 11.4. The fourth-order valence-electron chi connectivity index (χ4n) is 4.83. The molecule has 2 atom stereocenters. The molecule has 1 heterocycles. The third-order valence-corrected chi connectivity index (χ3v) is 6.93. The second-order valence-electron chi connectivity index (χ2n) is 9.56. The Bertz CT molecular complexity index is 1120. The van der Waals surface area contributed by atoms with Crippen molar-refractivity contribution in [2.24, 2.45) is 29.2 Å². The Labute approximate surface area is 194 Å². The van der Waals surface area contributed by atoms with Crippen molar-refractivity contribution < 1.29 is 9.53 Å². The van der Waals surface area contributed by atoms with Gasteiger partial charge in [-0.1, -0.05) is 12.1 Å². The number of hydrogen-bond donors (Lipinski definition) is 4. The molecule has 0 saturated heterocycles. The number of methoxy groups -OCH3 is 1. The second-order valence-corrected chi connectivity index (χ2v) is 9.56. The molecule has 2 unspecified atom stereocenters. The number of allylic oxidation sites excluding steroid dienone is 2. The Morgan fingerprint density at radius 1 is 1.21 bits per heavy atom. The molecule has 0 spiro atoms. The first-order valence-corrected chi connectivity index (χ1v) is 11.7. The number of rotatable bonds is 8. The number of ether oxygens (including phenoxy) is 1. The summed E-state index contributed by atoms with van der Waals surface area (Å²) in [7, 11) is 1.65. The van der Waals surface area contributed by atoms with Crippen molar-refractivity contribution in [2.75, 3.05) is 12.4 Å². The Kier molecular flexibility index (Phi) is 5.52. The lowest BCUT2D eigenvalue weighted by atomic mass is 10.1. The van der Waals surface area contributed by atoms with Gasteiger partial charge in [0.15, 0.2) is 0 Å². The van der Waals surface area contributed by atoms with Crippen LogP contribution in [-0.2, 0) is 4.79 Å². The molecular weight excluding hydrogens is 416 g/mol. The molecule has 33 heavy (non-hydrogen) atoms. The molecule has 2 aromatic rings. The largest absolute Gasteiger partial charge is 0.494 e. The van der Waals surface area contributed by atoms with Crippen LogP contribution in [0.4, 0.5) is 5.69 Å². The van der Waals surface area contributed by atoms with Crippen molar-refractivity contribution in [2.45, 2.75) is 45.1 Å². The van der Waals surface area contributed by atoms with Crippen LogP contribution in [0, 0.1) is 17.8 Å². The number of nitrogens with zero attached hydrogens (tertiary/aromatic N) is 2. The number of para-hydroxylation sites is 1. The number of carbonyl (C=O) groups is 1. The summed E-state index contributed by atoms with van der Waals surface area (Å²) >= 11 is 0. The maximum atomic E-state index is 12.0. The van der Waals surface area contributed by atoms with E-state index in [9.17, 15) is 4.79 Å². The highest BCUT2D eigenvalue weighted by Gasteiger charge is 2.46. The van der Waals surface area contributed by atoms with Crippen LogP contribution in [0.2, 0.25) is 0 Å². The van der Waals surface area contributed by atoms with Crippen LogP contribution >= 0.6 is 0 Å². The van der Waals surface area contributed by atoms with Gasteiger partial charge in [-0.2, -0.15) is 5.10 Å². The monoisotopic (exact) mass is 448 g/mol. The summed E-state index contributed by atoms with van der Waals surface area (Å²) in [4.78, 5) is 12.0. The minimum absolute atomic E-state index is 0.0473. The van der Waals surface area contributed by atoms with Crippen LogP contribution in [0.3, 0.4) is 0 Å². The standard InChI is InChI=1S/C25H32N6O2/c1-14(26)22(11-23(27)30-25(32)15-6-7-15)29-21-5-3-4-20(24(21)33-2)18-12-28-31(13-18)19-9-16-8-17(16)10-19/h3-5,11-13,15-17,19,29H,6-10,26-27H2,1-2H3,(H,30,32)/b22-14+,23-11+. The SMILES string of the molecule is COc1c(NC(/C=C(\N)NC(=O)C2CC2)=C(\C)N)cccc1-c1cnn(C2CC3CC3C2)c1. The van der Waals surface area contributed by atoms with E-state index in [1.54, 1.807) is 20.1 Å². The van der Waals surface area contributed by atoms with Crippen molar-refractivity contribution in [3.8, 4) is 16.9 Å². The maximum Gasteiger partial charge on any atom is 0.228 e. The highest BCUT2D eigenvalue weighted by atomic mass is 16.5. The van der Waals surface area contributed by atoms with E-state index in [0.717, 1.165) is 41.5 Å². The van der Waals surface area contributed by atoms with Gasteiger partial charge in [0.25, 0.3) is 0 Å². The zero-order chi connectivity index (χ0) is 23.1. The minimum Gasteiger partial charge on any atom is -0.494 e. The summed E-state index contributed by atoms with van der Waals surface area (Å²) in [6.45, 7) is 1.78. The van der Waals surface area contributed by atoms with Crippen molar-refractivity contribution in [1.29, 1.82) is 0 Å². The van der Waals surface area contributed by atoms with Gasteiger partial charge >= 0.3 is 0 Å². The van der Waals surface area contributed by atoms with Gasteiger partial charge in [0, 0.05) is 35.0 Å². The molecule has 1 amide bonds. The number of aromatic nitrogens is 2. The maximum absolute atomic E-state index is 12.0. The van der Waals surface area contributed by atoms with Crippen LogP contribution < -0.4 is 26.8 Å². The van der Waals surface area contributed by atoms with E-state index in [4.69, 9.17) is 16.2 Å². The van der Waals surface area contributed by atoms with Crippen LogP contribution in [0.1, 0.15) is 45.1 Å². The molecule has 0 bridgehead atoms. The second kappa shape index (κ2) is 8.50. The molecule has 1 aromatic heterocycles. The zero-order valence-electron chi connectivity index (χ0n) is 19.2. The Hall–Kier alpha value is -3.42. The van der Waals surface area contributed by atoms with Gasteiger partial charge in [-0.3, -0.25) is 9.48 Å². The molecule has 3 aliphatic carbocycles. The lowest BCUT2D eigenvalue weighted by Gasteiger charge is -2.17. The Balaban J connectivity index is 1.37. The molecule has 0 radical (unpaired) electrons. The predicted octanol–water partition coefficient (Wildman–Crippen LogP) is 3.46. The summed E-state index contributed by atoms with van der Waals surface area (Å²) in [5.41, 5.74) is 16.0. The van der Waals surface area contributed by atoms with Crippen molar-refractivity contribution >= 4 is 11.6 Å². The molecule has 174 valence electrons. The molecule has 6 N–H and O–H groups in total. The molecule has 1 aromatic carbocycles.